The van der Waals surface area contributed by atoms with E-state index in [1.165, 1.54) is 43.0 Å². The van der Waals surface area contributed by atoms with E-state index in [4.69, 9.17) is 4.42 Å². The summed E-state index contributed by atoms with van der Waals surface area (Å²) in [5.41, 5.74) is -3.18. The Balaban J connectivity index is 1.52. The van der Waals surface area contributed by atoms with E-state index in [0.29, 0.717) is 23.4 Å². The Kier molecular flexibility index (Phi) is 7.80. The van der Waals surface area contributed by atoms with Crippen molar-refractivity contribution in [1.82, 2.24) is 9.29 Å². The van der Waals surface area contributed by atoms with Gasteiger partial charge in [0.05, 0.1) is 21.7 Å². The van der Waals surface area contributed by atoms with Gasteiger partial charge in [0.2, 0.25) is 15.9 Å². The fraction of sp³-hybridized carbons (Fsp3) is 0.333. The summed E-state index contributed by atoms with van der Waals surface area (Å²) >= 11 is 1.18. The molecule has 0 bridgehead atoms. The summed E-state index contributed by atoms with van der Waals surface area (Å²) in [5.74, 6) is -1.30. The molecule has 0 aliphatic carbocycles. The number of benzene rings is 2. The van der Waals surface area contributed by atoms with E-state index < -0.39 is 57.0 Å². The Bertz CT molecular complexity index is 1450. The SMILES string of the molecule is Cc1oc(-c2cc(C(F)(F)F)cc(C(F)(F)F)c2)nc1CSc1ccc(S(=O)(=O)N2CCC[C@@H]2C(=O)O)cc1. The van der Waals surface area contributed by atoms with Gasteiger partial charge in [0.25, 0.3) is 0 Å². The van der Waals surface area contributed by atoms with Gasteiger partial charge in [-0.2, -0.15) is 30.6 Å². The number of aromatic nitrogens is 1. The van der Waals surface area contributed by atoms with Crippen LogP contribution in [-0.4, -0.2) is 41.4 Å². The molecule has 0 radical (unpaired) electrons. The van der Waals surface area contributed by atoms with Crippen molar-refractivity contribution in [1.29, 1.82) is 0 Å². The van der Waals surface area contributed by atoms with E-state index in [1.54, 1.807) is 0 Å². The van der Waals surface area contributed by atoms with Crippen LogP contribution in [0.15, 0.2) is 56.7 Å². The first-order valence-corrected chi connectivity index (χ1v) is 13.7. The van der Waals surface area contributed by atoms with Crippen LogP contribution in [0.5, 0.6) is 0 Å². The van der Waals surface area contributed by atoms with Crippen molar-refractivity contribution in [2.24, 2.45) is 0 Å². The number of alkyl halides is 6. The van der Waals surface area contributed by atoms with Gasteiger partial charge in [0, 0.05) is 22.8 Å². The zero-order chi connectivity index (χ0) is 28.8. The Morgan fingerprint density at radius 2 is 1.67 bits per heavy atom. The molecule has 39 heavy (non-hydrogen) atoms. The summed E-state index contributed by atoms with van der Waals surface area (Å²) in [6.45, 7) is 1.56. The zero-order valence-electron chi connectivity index (χ0n) is 20.0. The van der Waals surface area contributed by atoms with E-state index in [9.17, 15) is 44.7 Å². The molecule has 1 fully saturated rings. The molecule has 7 nitrogen and oxygen atoms in total. The number of rotatable bonds is 7. The first kappa shape index (κ1) is 29.0. The van der Waals surface area contributed by atoms with Gasteiger partial charge in [-0.05, 0) is 62.2 Å². The number of aliphatic carboxylic acids is 1. The summed E-state index contributed by atoms with van der Waals surface area (Å²) < 4.78 is 111. The van der Waals surface area contributed by atoms with Gasteiger partial charge in [-0.25, -0.2) is 13.4 Å². The maximum atomic E-state index is 13.2. The minimum atomic E-state index is -5.01. The molecule has 4 rings (SSSR count). The minimum absolute atomic E-state index is 0.0193. The maximum absolute atomic E-state index is 13.2. The second-order valence-corrected chi connectivity index (χ2v) is 11.6. The van der Waals surface area contributed by atoms with Crippen molar-refractivity contribution in [3.63, 3.8) is 0 Å². The van der Waals surface area contributed by atoms with Crippen LogP contribution >= 0.6 is 11.8 Å². The number of sulfonamides is 1. The van der Waals surface area contributed by atoms with Gasteiger partial charge in [-0.3, -0.25) is 4.79 Å². The number of thioether (sulfide) groups is 1. The molecule has 2 aromatic carbocycles. The lowest BCUT2D eigenvalue weighted by atomic mass is 10.0. The average Bonchev–Trinajstić information content (AvgIpc) is 3.49. The molecule has 210 valence electrons. The molecular formula is C24H20F6N2O5S2. The van der Waals surface area contributed by atoms with Gasteiger partial charge in [0.15, 0.2) is 0 Å². The van der Waals surface area contributed by atoms with Crippen LogP contribution in [0.25, 0.3) is 11.5 Å². The smallest absolute Gasteiger partial charge is 0.416 e. The second-order valence-electron chi connectivity index (χ2n) is 8.69. The number of nitrogens with zero attached hydrogens (tertiary/aromatic N) is 2. The van der Waals surface area contributed by atoms with E-state index in [2.05, 4.69) is 4.98 Å². The minimum Gasteiger partial charge on any atom is -0.480 e. The number of aryl methyl sites for hydroxylation is 1. The van der Waals surface area contributed by atoms with Crippen molar-refractivity contribution in [2.45, 2.75) is 53.7 Å². The molecule has 15 heteroatoms. The molecule has 0 saturated carbocycles. The topological polar surface area (TPSA) is 101 Å². The van der Waals surface area contributed by atoms with Gasteiger partial charge in [-0.15, -0.1) is 11.8 Å². The number of carboxylic acids is 1. The van der Waals surface area contributed by atoms with Crippen molar-refractivity contribution in [2.75, 3.05) is 6.54 Å². The van der Waals surface area contributed by atoms with Crippen molar-refractivity contribution in [3.05, 3.63) is 65.0 Å². The number of carboxylic acid groups (broad SMARTS) is 1. The summed E-state index contributed by atoms with van der Waals surface area (Å²) in [6.07, 6.45) is -9.38. The normalized spacial score (nSPS) is 17.1. The first-order valence-electron chi connectivity index (χ1n) is 11.3. The van der Waals surface area contributed by atoms with Crippen molar-refractivity contribution < 1.29 is 49.1 Å². The summed E-state index contributed by atoms with van der Waals surface area (Å²) in [4.78, 5) is 16.0. The standard InChI is InChI=1S/C24H20F6N2O5S2/c1-13-19(31-21(37-13)14-9-15(23(25,26)27)11-16(10-14)24(28,29)30)12-38-17-4-6-18(7-5-17)39(35,36)32-8-2-3-20(32)22(33)34/h4-7,9-11,20H,2-3,8,12H2,1H3,(H,33,34)/t20-/m1/s1. The Hall–Kier alpha value is -3.04. The largest absolute Gasteiger partial charge is 0.480 e. The fourth-order valence-electron chi connectivity index (χ4n) is 4.03. The summed E-state index contributed by atoms with van der Waals surface area (Å²) in [6, 6.07) is 5.62. The van der Waals surface area contributed by atoms with E-state index >= 15 is 0 Å². The monoisotopic (exact) mass is 594 g/mol. The lowest BCUT2D eigenvalue weighted by Crippen LogP contribution is -2.40. The van der Waals surface area contributed by atoms with Gasteiger partial charge in [0.1, 0.15) is 11.8 Å². The number of hydrogen-bond donors (Lipinski definition) is 1. The van der Waals surface area contributed by atoms with E-state index in [1.807, 2.05) is 0 Å². The molecule has 1 saturated heterocycles. The Labute approximate surface area is 222 Å². The third-order valence-corrected chi connectivity index (χ3v) is 8.97. The third kappa shape index (κ3) is 6.25. The highest BCUT2D eigenvalue weighted by molar-refractivity contribution is 7.98. The predicted octanol–water partition coefficient (Wildman–Crippen LogP) is 6.22. The van der Waals surface area contributed by atoms with E-state index in [0.717, 1.165) is 4.31 Å². The summed E-state index contributed by atoms with van der Waals surface area (Å²) in [7, 11) is -4.02. The van der Waals surface area contributed by atoms with Crippen molar-refractivity contribution >= 4 is 27.8 Å². The lowest BCUT2D eigenvalue weighted by Gasteiger charge is -2.21. The predicted molar refractivity (Wildman–Crippen MR) is 127 cm³/mol. The average molecular weight is 595 g/mol. The highest BCUT2D eigenvalue weighted by Gasteiger charge is 2.40. The van der Waals surface area contributed by atoms with Gasteiger partial charge < -0.3 is 9.52 Å². The molecule has 0 unspecified atom stereocenters. The first-order chi connectivity index (χ1) is 18.1. The van der Waals surface area contributed by atoms with Crippen LogP contribution in [-0.2, 0) is 32.9 Å². The molecule has 1 aliphatic rings. The number of carbonyl (C=O) groups is 1. The van der Waals surface area contributed by atoms with Crippen LogP contribution < -0.4 is 0 Å². The zero-order valence-corrected chi connectivity index (χ0v) is 21.6. The Morgan fingerprint density at radius 1 is 1.08 bits per heavy atom. The molecular weight excluding hydrogens is 574 g/mol. The van der Waals surface area contributed by atoms with Crippen LogP contribution in [0, 0.1) is 6.92 Å². The molecule has 0 spiro atoms. The molecule has 1 N–H and O–H groups in total. The van der Waals surface area contributed by atoms with Crippen LogP contribution in [0.1, 0.15) is 35.4 Å². The molecule has 1 atom stereocenters. The molecule has 0 amide bonds. The van der Waals surface area contributed by atoms with Gasteiger partial charge in [-0.1, -0.05) is 0 Å². The van der Waals surface area contributed by atoms with Crippen LogP contribution in [0.2, 0.25) is 0 Å². The van der Waals surface area contributed by atoms with Crippen LogP contribution in [0.3, 0.4) is 0 Å². The number of oxazole rings is 1. The highest BCUT2D eigenvalue weighted by Crippen LogP contribution is 2.39. The fourth-order valence-corrected chi connectivity index (χ4v) is 6.58. The van der Waals surface area contributed by atoms with Crippen LogP contribution in [0.4, 0.5) is 26.3 Å². The van der Waals surface area contributed by atoms with Gasteiger partial charge >= 0.3 is 18.3 Å². The highest BCUT2D eigenvalue weighted by atomic mass is 32.2. The Morgan fingerprint density at radius 3 is 2.21 bits per heavy atom. The molecule has 1 aromatic heterocycles. The van der Waals surface area contributed by atoms with Crippen molar-refractivity contribution in [3.8, 4) is 11.5 Å². The lowest BCUT2D eigenvalue weighted by molar-refractivity contribution is -0.143. The third-order valence-electron chi connectivity index (χ3n) is 6.02. The number of hydrogen-bond acceptors (Lipinski definition) is 6. The second kappa shape index (κ2) is 10.5. The number of halogens is 6. The molecule has 2 heterocycles. The molecule has 1 aliphatic heterocycles. The quantitative estimate of drug-likeness (QED) is 0.256. The summed E-state index contributed by atoms with van der Waals surface area (Å²) in [5, 5.41) is 9.29. The van der Waals surface area contributed by atoms with E-state index in [-0.39, 0.29) is 41.1 Å². The maximum Gasteiger partial charge on any atom is 0.416 e. The molecule has 3 aromatic rings.